The molecule has 41 heavy (non-hydrogen) atoms. The molecule has 2 aromatic rings. The maximum atomic E-state index is 13.3. The number of hydrogen-bond acceptors (Lipinski definition) is 6. The van der Waals surface area contributed by atoms with E-state index in [4.69, 9.17) is 4.74 Å². The SMILES string of the molecule is COC(=O)N[C@H](C(=O)N1CCC[C@H]1c1ncc(C#CC#Cc2cnc([C@@H]3CCCN3C(=O)CC(C)C)[nH]2)[nH]1)C(C)C. The van der Waals surface area contributed by atoms with Crippen LogP contribution in [0.2, 0.25) is 0 Å². The van der Waals surface area contributed by atoms with Crippen LogP contribution in [0.1, 0.15) is 94.9 Å². The quantitative estimate of drug-likeness (QED) is 0.444. The van der Waals surface area contributed by atoms with Crippen molar-refractivity contribution >= 4 is 17.9 Å². The lowest BCUT2D eigenvalue weighted by Gasteiger charge is -2.29. The summed E-state index contributed by atoms with van der Waals surface area (Å²) >= 11 is 0. The summed E-state index contributed by atoms with van der Waals surface area (Å²) in [7, 11) is 1.28. The summed E-state index contributed by atoms with van der Waals surface area (Å²) in [4.78, 5) is 56.8. The van der Waals surface area contributed by atoms with Crippen LogP contribution in [0.4, 0.5) is 4.79 Å². The average molecular weight is 562 g/mol. The summed E-state index contributed by atoms with van der Waals surface area (Å²) in [5.74, 6) is 13.3. The molecule has 3 amide bonds. The number of methoxy groups -OCH3 is 1. The zero-order valence-corrected chi connectivity index (χ0v) is 24.4. The van der Waals surface area contributed by atoms with Gasteiger partial charge in [-0.1, -0.05) is 27.7 Å². The molecule has 0 aromatic carbocycles. The first kappa shape index (κ1) is 29.7. The number of H-pyrrole nitrogens is 2. The normalized spacial score (nSPS) is 19.0. The summed E-state index contributed by atoms with van der Waals surface area (Å²) in [5.41, 5.74) is 1.24. The van der Waals surface area contributed by atoms with Gasteiger partial charge in [0.1, 0.15) is 29.1 Å². The second-order valence-corrected chi connectivity index (χ2v) is 11.3. The van der Waals surface area contributed by atoms with Gasteiger partial charge in [0.25, 0.3) is 0 Å². The van der Waals surface area contributed by atoms with Crippen LogP contribution in [0.3, 0.4) is 0 Å². The molecule has 0 spiro atoms. The van der Waals surface area contributed by atoms with E-state index in [1.165, 1.54) is 7.11 Å². The molecule has 0 aliphatic carbocycles. The topological polar surface area (TPSA) is 136 Å². The number of nitrogens with zero attached hydrogens (tertiary/aromatic N) is 4. The van der Waals surface area contributed by atoms with E-state index in [-0.39, 0.29) is 29.8 Å². The second kappa shape index (κ2) is 13.4. The third kappa shape index (κ3) is 7.29. The second-order valence-electron chi connectivity index (χ2n) is 11.3. The highest BCUT2D eigenvalue weighted by atomic mass is 16.5. The molecule has 4 rings (SSSR count). The van der Waals surface area contributed by atoms with Crippen molar-refractivity contribution in [3.8, 4) is 23.7 Å². The lowest BCUT2D eigenvalue weighted by molar-refractivity contribution is -0.135. The number of likely N-dealkylation sites (tertiary alicyclic amines) is 2. The number of ether oxygens (including phenoxy) is 1. The molecule has 2 fully saturated rings. The van der Waals surface area contributed by atoms with Crippen LogP contribution in [0.15, 0.2) is 12.4 Å². The van der Waals surface area contributed by atoms with Crippen LogP contribution in [0.5, 0.6) is 0 Å². The first-order valence-electron chi connectivity index (χ1n) is 14.2. The molecule has 11 heteroatoms. The van der Waals surface area contributed by atoms with Crippen molar-refractivity contribution in [3.05, 3.63) is 35.4 Å². The largest absolute Gasteiger partial charge is 0.453 e. The fourth-order valence-corrected chi connectivity index (χ4v) is 5.35. The van der Waals surface area contributed by atoms with Gasteiger partial charge in [-0.05, 0) is 61.2 Å². The van der Waals surface area contributed by atoms with Gasteiger partial charge in [-0.15, -0.1) is 0 Å². The monoisotopic (exact) mass is 561 g/mol. The summed E-state index contributed by atoms with van der Waals surface area (Å²) < 4.78 is 4.70. The highest BCUT2D eigenvalue weighted by Crippen LogP contribution is 2.32. The Balaban J connectivity index is 1.39. The van der Waals surface area contributed by atoms with Crippen LogP contribution in [-0.2, 0) is 14.3 Å². The Morgan fingerprint density at radius 1 is 0.951 bits per heavy atom. The zero-order chi connectivity index (χ0) is 29.5. The Morgan fingerprint density at radius 2 is 1.49 bits per heavy atom. The fourth-order valence-electron chi connectivity index (χ4n) is 5.35. The Labute approximate surface area is 241 Å². The van der Waals surface area contributed by atoms with Gasteiger partial charge >= 0.3 is 6.09 Å². The van der Waals surface area contributed by atoms with Gasteiger partial charge in [-0.2, -0.15) is 0 Å². The predicted octanol–water partition coefficient (Wildman–Crippen LogP) is 3.29. The fraction of sp³-hybridized carbons (Fsp3) is 0.567. The number of hydrogen-bond donors (Lipinski definition) is 3. The highest BCUT2D eigenvalue weighted by Gasteiger charge is 2.37. The number of alkyl carbamates (subject to hydrolysis) is 1. The van der Waals surface area contributed by atoms with Gasteiger partial charge in [0.2, 0.25) is 11.8 Å². The van der Waals surface area contributed by atoms with Crippen molar-refractivity contribution in [1.82, 2.24) is 35.1 Å². The van der Waals surface area contributed by atoms with Crippen molar-refractivity contribution in [2.45, 2.75) is 77.9 Å². The van der Waals surface area contributed by atoms with Gasteiger partial charge in [-0.25, -0.2) is 14.8 Å². The molecular formula is C30H39N7O4. The Kier molecular flexibility index (Phi) is 9.72. The minimum Gasteiger partial charge on any atom is -0.453 e. The lowest BCUT2D eigenvalue weighted by Crippen LogP contribution is -2.51. The van der Waals surface area contributed by atoms with Gasteiger partial charge in [0.05, 0.1) is 31.6 Å². The molecule has 218 valence electrons. The molecule has 0 saturated carbocycles. The van der Waals surface area contributed by atoms with E-state index in [9.17, 15) is 14.4 Å². The van der Waals surface area contributed by atoms with Crippen molar-refractivity contribution in [2.75, 3.05) is 20.2 Å². The van der Waals surface area contributed by atoms with Gasteiger partial charge in [0.15, 0.2) is 0 Å². The van der Waals surface area contributed by atoms with Gasteiger partial charge in [-0.3, -0.25) is 9.59 Å². The first-order valence-corrected chi connectivity index (χ1v) is 14.2. The number of rotatable bonds is 7. The van der Waals surface area contributed by atoms with E-state index in [1.807, 2.05) is 18.7 Å². The summed E-state index contributed by atoms with van der Waals surface area (Å²) in [5, 5.41) is 2.65. The minimum absolute atomic E-state index is 0.0413. The molecule has 0 bridgehead atoms. The number of aromatic amines is 2. The standard InChI is InChI=1S/C30H39N7O4/c1-19(2)16-25(38)36-14-8-12-23(36)27-31-17-21(33-27)10-6-7-11-22-18-32-28(34-22)24-13-9-15-37(24)29(39)26(20(3)4)35-30(40)41-5/h17-20,23-24,26H,8-9,12-16H2,1-5H3,(H,31,33)(H,32,34)(H,35,40)/t23-,24-,26-/m0/s1. The summed E-state index contributed by atoms with van der Waals surface area (Å²) in [6, 6.07) is -0.955. The molecule has 0 unspecified atom stereocenters. The van der Waals surface area contributed by atoms with E-state index >= 15 is 0 Å². The van der Waals surface area contributed by atoms with Crippen molar-refractivity contribution < 1.29 is 19.1 Å². The zero-order valence-electron chi connectivity index (χ0n) is 24.4. The smallest absolute Gasteiger partial charge is 0.407 e. The molecule has 0 radical (unpaired) electrons. The first-order chi connectivity index (χ1) is 19.7. The van der Waals surface area contributed by atoms with Crippen molar-refractivity contribution in [1.29, 1.82) is 0 Å². The molecular weight excluding hydrogens is 522 g/mol. The third-order valence-electron chi connectivity index (χ3n) is 7.36. The number of carbonyl (C=O) groups is 3. The molecule has 2 saturated heterocycles. The van der Waals surface area contributed by atoms with Crippen LogP contribution >= 0.6 is 0 Å². The minimum atomic E-state index is -0.687. The molecule has 3 atom stereocenters. The number of nitrogens with one attached hydrogen (secondary N) is 3. The highest BCUT2D eigenvalue weighted by molar-refractivity contribution is 5.86. The molecule has 4 heterocycles. The molecule has 2 aromatic heterocycles. The van der Waals surface area contributed by atoms with Crippen LogP contribution in [-0.4, -0.2) is 73.9 Å². The Bertz CT molecular complexity index is 1370. The number of aromatic nitrogens is 4. The van der Waals surface area contributed by atoms with Crippen LogP contribution < -0.4 is 5.32 Å². The van der Waals surface area contributed by atoms with E-state index in [0.29, 0.717) is 36.1 Å². The van der Waals surface area contributed by atoms with E-state index in [2.05, 4.69) is 62.8 Å². The maximum Gasteiger partial charge on any atom is 0.407 e. The van der Waals surface area contributed by atoms with Gasteiger partial charge < -0.3 is 29.8 Å². The average Bonchev–Trinajstić information content (AvgIpc) is 3.74. The summed E-state index contributed by atoms with van der Waals surface area (Å²) in [6.07, 6.45) is 6.66. The van der Waals surface area contributed by atoms with E-state index in [1.54, 1.807) is 17.3 Å². The van der Waals surface area contributed by atoms with E-state index < -0.39 is 12.1 Å². The van der Waals surface area contributed by atoms with Crippen LogP contribution in [0.25, 0.3) is 0 Å². The lowest BCUT2D eigenvalue weighted by atomic mass is 10.0. The summed E-state index contributed by atoms with van der Waals surface area (Å²) in [6.45, 7) is 9.20. The number of carbonyl (C=O) groups excluding carboxylic acids is 3. The van der Waals surface area contributed by atoms with E-state index in [0.717, 1.165) is 38.1 Å². The molecule has 2 aliphatic rings. The Hall–Kier alpha value is -4.25. The predicted molar refractivity (Wildman–Crippen MR) is 152 cm³/mol. The molecule has 3 N–H and O–H groups in total. The van der Waals surface area contributed by atoms with Crippen molar-refractivity contribution in [2.24, 2.45) is 11.8 Å². The third-order valence-corrected chi connectivity index (χ3v) is 7.36. The molecule has 11 nitrogen and oxygen atoms in total. The van der Waals surface area contributed by atoms with Crippen LogP contribution in [0, 0.1) is 35.5 Å². The molecule has 2 aliphatic heterocycles. The Morgan fingerprint density at radius 3 is 2.00 bits per heavy atom. The number of imidazole rings is 2. The maximum absolute atomic E-state index is 13.3. The number of amides is 3. The van der Waals surface area contributed by atoms with Gasteiger partial charge in [0, 0.05) is 19.5 Å². The van der Waals surface area contributed by atoms with Crippen molar-refractivity contribution in [3.63, 3.8) is 0 Å².